The molecule has 1 saturated heterocycles. The minimum Gasteiger partial charge on any atom is -0.334 e. The molecule has 1 unspecified atom stereocenters. The maximum absolute atomic E-state index is 5.38. The minimum absolute atomic E-state index is 0.219. The highest BCUT2D eigenvalue weighted by atomic mass is 16.5. The zero-order valence-electron chi connectivity index (χ0n) is 11.1. The molecule has 5 heteroatoms. The third-order valence-corrected chi connectivity index (χ3v) is 3.55. The number of rotatable bonds is 2. The van der Waals surface area contributed by atoms with Crippen molar-refractivity contribution in [2.45, 2.75) is 38.6 Å². The predicted molar refractivity (Wildman–Crippen MR) is 71.5 cm³/mol. The fraction of sp³-hybridized carbons (Fsp3) is 0.500. The SMILES string of the molecule is Cc1ncccc1-c1nc(C2CCCCCN2)no1. The van der Waals surface area contributed by atoms with Crippen LogP contribution in [0.15, 0.2) is 22.9 Å². The summed E-state index contributed by atoms with van der Waals surface area (Å²) in [6.07, 6.45) is 6.56. The van der Waals surface area contributed by atoms with Gasteiger partial charge in [-0.15, -0.1) is 0 Å². The molecular formula is C14H18N4O. The molecule has 1 N–H and O–H groups in total. The van der Waals surface area contributed by atoms with Crippen molar-refractivity contribution >= 4 is 0 Å². The first-order valence-corrected chi connectivity index (χ1v) is 6.83. The largest absolute Gasteiger partial charge is 0.334 e. The van der Waals surface area contributed by atoms with E-state index in [2.05, 4.69) is 20.4 Å². The van der Waals surface area contributed by atoms with Crippen LogP contribution in [0.2, 0.25) is 0 Å². The van der Waals surface area contributed by atoms with Gasteiger partial charge in [-0.1, -0.05) is 18.0 Å². The Morgan fingerprint density at radius 1 is 1.32 bits per heavy atom. The number of hydrogen-bond donors (Lipinski definition) is 1. The molecule has 1 fully saturated rings. The van der Waals surface area contributed by atoms with Crippen molar-refractivity contribution in [1.82, 2.24) is 20.4 Å². The van der Waals surface area contributed by atoms with Crippen LogP contribution < -0.4 is 5.32 Å². The number of nitrogens with zero attached hydrogens (tertiary/aromatic N) is 3. The summed E-state index contributed by atoms with van der Waals surface area (Å²) in [5, 5.41) is 7.60. The maximum Gasteiger partial charge on any atom is 0.259 e. The number of aryl methyl sites for hydroxylation is 1. The molecule has 1 atom stereocenters. The van der Waals surface area contributed by atoms with Crippen molar-refractivity contribution in [3.05, 3.63) is 29.8 Å². The summed E-state index contributed by atoms with van der Waals surface area (Å²) in [4.78, 5) is 8.78. The summed E-state index contributed by atoms with van der Waals surface area (Å²) in [6, 6.07) is 4.06. The van der Waals surface area contributed by atoms with E-state index in [0.29, 0.717) is 5.89 Å². The van der Waals surface area contributed by atoms with Gasteiger partial charge in [-0.2, -0.15) is 4.98 Å². The molecule has 2 aromatic rings. The van der Waals surface area contributed by atoms with E-state index in [1.54, 1.807) is 6.20 Å². The van der Waals surface area contributed by atoms with Gasteiger partial charge in [0.2, 0.25) is 0 Å². The average molecular weight is 258 g/mol. The molecule has 0 saturated carbocycles. The lowest BCUT2D eigenvalue weighted by Crippen LogP contribution is -2.21. The Morgan fingerprint density at radius 2 is 2.26 bits per heavy atom. The van der Waals surface area contributed by atoms with Crippen LogP contribution in [0.1, 0.15) is 43.2 Å². The van der Waals surface area contributed by atoms with E-state index in [9.17, 15) is 0 Å². The van der Waals surface area contributed by atoms with Gasteiger partial charge in [0.25, 0.3) is 5.89 Å². The number of hydrogen-bond acceptors (Lipinski definition) is 5. The topological polar surface area (TPSA) is 63.8 Å². The zero-order valence-corrected chi connectivity index (χ0v) is 11.1. The van der Waals surface area contributed by atoms with Gasteiger partial charge in [0.1, 0.15) is 0 Å². The second-order valence-electron chi connectivity index (χ2n) is 4.95. The van der Waals surface area contributed by atoms with Gasteiger partial charge in [0.15, 0.2) is 5.82 Å². The molecule has 1 aliphatic rings. The van der Waals surface area contributed by atoms with Crippen LogP contribution in [0.25, 0.3) is 11.5 Å². The highest BCUT2D eigenvalue weighted by Crippen LogP contribution is 2.24. The van der Waals surface area contributed by atoms with Crippen molar-refractivity contribution < 1.29 is 4.52 Å². The Kier molecular flexibility index (Phi) is 3.55. The van der Waals surface area contributed by atoms with E-state index < -0.39 is 0 Å². The third kappa shape index (κ3) is 2.66. The van der Waals surface area contributed by atoms with E-state index in [4.69, 9.17) is 4.52 Å². The van der Waals surface area contributed by atoms with Gasteiger partial charge in [0.05, 0.1) is 11.6 Å². The zero-order chi connectivity index (χ0) is 13.1. The predicted octanol–water partition coefficient (Wildman–Crippen LogP) is 2.64. The third-order valence-electron chi connectivity index (χ3n) is 3.55. The number of pyridine rings is 1. The van der Waals surface area contributed by atoms with Crippen LogP contribution in [0.4, 0.5) is 0 Å². The molecule has 100 valence electrons. The molecule has 0 aromatic carbocycles. The van der Waals surface area contributed by atoms with E-state index in [0.717, 1.165) is 30.0 Å². The summed E-state index contributed by atoms with van der Waals surface area (Å²) >= 11 is 0. The molecule has 0 bridgehead atoms. The Morgan fingerprint density at radius 3 is 3.16 bits per heavy atom. The van der Waals surface area contributed by atoms with Crippen molar-refractivity contribution in [3.63, 3.8) is 0 Å². The summed E-state index contributed by atoms with van der Waals surface area (Å²) in [7, 11) is 0. The molecule has 2 aromatic heterocycles. The summed E-state index contributed by atoms with van der Waals surface area (Å²) < 4.78 is 5.38. The van der Waals surface area contributed by atoms with Gasteiger partial charge in [0, 0.05) is 11.9 Å². The highest BCUT2D eigenvalue weighted by molar-refractivity contribution is 5.55. The summed E-state index contributed by atoms with van der Waals surface area (Å²) in [6.45, 7) is 2.98. The van der Waals surface area contributed by atoms with Crippen LogP contribution in [-0.2, 0) is 0 Å². The van der Waals surface area contributed by atoms with Crippen LogP contribution in [0.3, 0.4) is 0 Å². The van der Waals surface area contributed by atoms with Gasteiger partial charge in [-0.25, -0.2) is 0 Å². The van der Waals surface area contributed by atoms with Gasteiger partial charge >= 0.3 is 0 Å². The lowest BCUT2D eigenvalue weighted by molar-refractivity contribution is 0.402. The van der Waals surface area contributed by atoms with E-state index in [1.165, 1.54) is 19.3 Å². The molecule has 0 spiro atoms. The smallest absolute Gasteiger partial charge is 0.259 e. The maximum atomic E-state index is 5.38. The molecule has 1 aliphatic heterocycles. The molecule has 3 heterocycles. The van der Waals surface area contributed by atoms with E-state index in [-0.39, 0.29) is 6.04 Å². The Balaban J connectivity index is 1.85. The standard InChI is InChI=1S/C14H18N4O/c1-10-11(6-5-9-15-10)14-17-13(18-19-14)12-7-3-2-4-8-16-12/h5-6,9,12,16H,2-4,7-8H2,1H3. The molecule has 3 rings (SSSR count). The highest BCUT2D eigenvalue weighted by Gasteiger charge is 2.20. The molecule has 0 amide bonds. The van der Waals surface area contributed by atoms with Crippen LogP contribution in [-0.4, -0.2) is 21.7 Å². The average Bonchev–Trinajstić information content (AvgIpc) is 2.75. The van der Waals surface area contributed by atoms with E-state index >= 15 is 0 Å². The Bertz CT molecular complexity index is 544. The van der Waals surface area contributed by atoms with Crippen LogP contribution >= 0.6 is 0 Å². The lowest BCUT2D eigenvalue weighted by atomic mass is 10.1. The second kappa shape index (κ2) is 5.48. The molecule has 0 aliphatic carbocycles. The molecular weight excluding hydrogens is 240 g/mol. The molecule has 5 nitrogen and oxygen atoms in total. The van der Waals surface area contributed by atoms with E-state index in [1.807, 2.05) is 19.1 Å². The van der Waals surface area contributed by atoms with Gasteiger partial charge in [-0.05, 0) is 38.4 Å². The summed E-state index contributed by atoms with van der Waals surface area (Å²) in [5.74, 6) is 1.33. The van der Waals surface area contributed by atoms with Crippen LogP contribution in [0, 0.1) is 6.92 Å². The van der Waals surface area contributed by atoms with Crippen molar-refractivity contribution in [3.8, 4) is 11.5 Å². The molecule has 19 heavy (non-hydrogen) atoms. The fourth-order valence-electron chi connectivity index (χ4n) is 2.45. The lowest BCUT2D eigenvalue weighted by Gasteiger charge is -2.09. The quantitative estimate of drug-likeness (QED) is 0.897. The number of aromatic nitrogens is 3. The first-order chi connectivity index (χ1) is 9.34. The van der Waals surface area contributed by atoms with Crippen LogP contribution in [0.5, 0.6) is 0 Å². The van der Waals surface area contributed by atoms with Gasteiger partial charge < -0.3 is 9.84 Å². The molecule has 0 radical (unpaired) electrons. The first-order valence-electron chi connectivity index (χ1n) is 6.83. The van der Waals surface area contributed by atoms with Crippen molar-refractivity contribution in [1.29, 1.82) is 0 Å². The Labute approximate surface area is 112 Å². The van der Waals surface area contributed by atoms with Crippen molar-refractivity contribution in [2.24, 2.45) is 0 Å². The summed E-state index contributed by atoms with van der Waals surface area (Å²) in [5.41, 5.74) is 1.82. The second-order valence-corrected chi connectivity index (χ2v) is 4.95. The monoisotopic (exact) mass is 258 g/mol. The van der Waals surface area contributed by atoms with Crippen molar-refractivity contribution in [2.75, 3.05) is 6.54 Å². The Hall–Kier alpha value is -1.75. The number of nitrogens with one attached hydrogen (secondary N) is 1. The minimum atomic E-state index is 0.219. The fourth-order valence-corrected chi connectivity index (χ4v) is 2.45. The normalized spacial score (nSPS) is 20.2. The first kappa shape index (κ1) is 12.3. The van der Waals surface area contributed by atoms with Gasteiger partial charge in [-0.3, -0.25) is 4.98 Å².